The van der Waals surface area contributed by atoms with Crippen LogP contribution in [-0.2, 0) is 12.7 Å². The minimum atomic E-state index is -4.44. The van der Waals surface area contributed by atoms with Gasteiger partial charge >= 0.3 is 6.18 Å². The topological polar surface area (TPSA) is 47.8 Å². The molecule has 0 aliphatic rings. The molecule has 0 fully saturated rings. The Kier molecular flexibility index (Phi) is 4.61. The molecule has 0 aromatic carbocycles. The summed E-state index contributed by atoms with van der Waals surface area (Å²) >= 11 is 0. The van der Waals surface area contributed by atoms with Crippen LogP contribution in [0.2, 0.25) is 0 Å². The first-order valence-corrected chi connectivity index (χ1v) is 6.49. The molecule has 0 saturated heterocycles. The van der Waals surface area contributed by atoms with Crippen molar-refractivity contribution in [1.82, 2.24) is 14.8 Å². The molecule has 0 atom stereocenters. The van der Waals surface area contributed by atoms with Crippen molar-refractivity contribution in [2.45, 2.75) is 26.1 Å². The summed E-state index contributed by atoms with van der Waals surface area (Å²) in [6.07, 6.45) is -3.04. The van der Waals surface area contributed by atoms with Crippen LogP contribution in [0, 0.1) is 11.8 Å². The molecule has 22 heavy (non-hydrogen) atoms. The van der Waals surface area contributed by atoms with Gasteiger partial charge in [0.15, 0.2) is 0 Å². The summed E-state index contributed by atoms with van der Waals surface area (Å²) in [4.78, 5) is 15.4. The molecule has 0 aliphatic heterocycles. The van der Waals surface area contributed by atoms with Crippen LogP contribution in [0.15, 0.2) is 35.3 Å². The van der Waals surface area contributed by atoms with Gasteiger partial charge in [-0.25, -0.2) is 4.68 Å². The maximum atomic E-state index is 12.5. The molecule has 0 spiro atoms. The number of pyridine rings is 1. The average Bonchev–Trinajstić information content (AvgIpc) is 2.49. The van der Waals surface area contributed by atoms with Gasteiger partial charge in [0.1, 0.15) is 12.2 Å². The van der Waals surface area contributed by atoms with Crippen molar-refractivity contribution in [2.24, 2.45) is 0 Å². The van der Waals surface area contributed by atoms with Crippen LogP contribution in [0.5, 0.6) is 0 Å². The van der Waals surface area contributed by atoms with E-state index in [0.717, 1.165) is 16.9 Å². The Labute approximate surface area is 124 Å². The molecule has 2 rings (SSSR count). The quantitative estimate of drug-likeness (QED) is 0.802. The second-order valence-corrected chi connectivity index (χ2v) is 4.35. The number of hydrogen-bond donors (Lipinski definition) is 0. The predicted octanol–water partition coefficient (Wildman–Crippen LogP) is 2.74. The summed E-state index contributed by atoms with van der Waals surface area (Å²) < 4.78 is 38.6. The lowest BCUT2D eigenvalue weighted by molar-refractivity contribution is -0.137. The molecule has 0 aliphatic carbocycles. The highest BCUT2D eigenvalue weighted by atomic mass is 19.4. The Hall–Kier alpha value is -2.62. The van der Waals surface area contributed by atoms with E-state index in [1.165, 1.54) is 18.2 Å². The summed E-state index contributed by atoms with van der Waals surface area (Å²) in [5.41, 5.74) is -0.601. The number of nitrogens with zero attached hydrogens (tertiary/aromatic N) is 3. The number of aromatic nitrogens is 3. The molecular weight excluding hydrogens is 295 g/mol. The van der Waals surface area contributed by atoms with E-state index in [4.69, 9.17) is 0 Å². The van der Waals surface area contributed by atoms with Crippen molar-refractivity contribution in [3.63, 3.8) is 0 Å². The fourth-order valence-corrected chi connectivity index (χ4v) is 1.67. The first-order valence-electron chi connectivity index (χ1n) is 6.49. The molecule has 0 amide bonds. The third-order valence-corrected chi connectivity index (χ3v) is 2.75. The Morgan fingerprint density at radius 1 is 1.14 bits per heavy atom. The van der Waals surface area contributed by atoms with Crippen LogP contribution in [0.4, 0.5) is 13.2 Å². The van der Waals surface area contributed by atoms with E-state index >= 15 is 0 Å². The normalized spacial score (nSPS) is 10.9. The second kappa shape index (κ2) is 6.43. The Morgan fingerprint density at radius 3 is 2.45 bits per heavy atom. The third-order valence-electron chi connectivity index (χ3n) is 2.75. The summed E-state index contributed by atoms with van der Waals surface area (Å²) in [5.74, 6) is 5.60. The summed E-state index contributed by atoms with van der Waals surface area (Å²) in [6, 6.07) is 4.85. The van der Waals surface area contributed by atoms with Gasteiger partial charge in [-0.2, -0.15) is 18.3 Å². The predicted molar refractivity (Wildman–Crippen MR) is 74.8 cm³/mol. The van der Waals surface area contributed by atoms with Gasteiger partial charge in [0.05, 0.1) is 11.3 Å². The van der Waals surface area contributed by atoms with Gasteiger partial charge in [0.2, 0.25) is 0 Å². The first-order chi connectivity index (χ1) is 10.4. The fraction of sp³-hybridized carbons (Fsp3) is 0.267. The van der Waals surface area contributed by atoms with Gasteiger partial charge in [0, 0.05) is 18.7 Å². The zero-order valence-electron chi connectivity index (χ0n) is 11.7. The lowest BCUT2D eigenvalue weighted by Gasteiger charge is -2.07. The van der Waals surface area contributed by atoms with E-state index in [1.807, 2.05) is 6.92 Å². The molecule has 4 nitrogen and oxygen atoms in total. The molecule has 114 valence electrons. The minimum absolute atomic E-state index is 0.126. The van der Waals surface area contributed by atoms with Gasteiger partial charge < -0.3 is 0 Å². The summed E-state index contributed by atoms with van der Waals surface area (Å²) in [6.45, 7) is 2.01. The molecular formula is C15H12F3N3O. The van der Waals surface area contributed by atoms with Crippen molar-refractivity contribution < 1.29 is 13.2 Å². The molecule has 0 saturated carbocycles. The molecule has 0 unspecified atom stereocenters. The van der Waals surface area contributed by atoms with Gasteiger partial charge in [-0.1, -0.05) is 12.8 Å². The summed E-state index contributed by atoms with van der Waals surface area (Å²) in [7, 11) is 0. The highest BCUT2D eigenvalue weighted by Gasteiger charge is 2.30. The minimum Gasteiger partial charge on any atom is -0.268 e. The monoisotopic (exact) mass is 307 g/mol. The Morgan fingerprint density at radius 2 is 1.86 bits per heavy atom. The van der Waals surface area contributed by atoms with Gasteiger partial charge in [-0.15, -0.1) is 5.92 Å². The Balaban J connectivity index is 2.33. The lowest BCUT2D eigenvalue weighted by atomic mass is 10.2. The molecule has 0 bridgehead atoms. The van der Waals surface area contributed by atoms with E-state index in [9.17, 15) is 18.0 Å². The Bertz CT molecular complexity index is 768. The van der Waals surface area contributed by atoms with Gasteiger partial charge in [-0.3, -0.25) is 9.78 Å². The number of alkyl halides is 3. The van der Waals surface area contributed by atoms with Crippen molar-refractivity contribution >= 4 is 0 Å². The highest BCUT2D eigenvalue weighted by Crippen LogP contribution is 2.29. The molecule has 0 radical (unpaired) electrons. The standard InChI is InChI=1S/C15H12F3N3O/c1-2-3-4-9-21-14(22)8-7-13(20-21)12-6-5-11(10-19-12)15(16,17)18/h5-8,10H,2,9H2,1H3. The SMILES string of the molecule is CCC#CCn1nc(-c2ccc(C(F)(F)F)cn2)ccc1=O. The van der Waals surface area contributed by atoms with Crippen LogP contribution >= 0.6 is 0 Å². The molecule has 2 aromatic heterocycles. The van der Waals surface area contributed by atoms with Crippen molar-refractivity contribution in [3.8, 4) is 23.2 Å². The second-order valence-electron chi connectivity index (χ2n) is 4.35. The van der Waals surface area contributed by atoms with E-state index in [-0.39, 0.29) is 17.8 Å². The van der Waals surface area contributed by atoms with Crippen LogP contribution in [-0.4, -0.2) is 14.8 Å². The molecule has 0 N–H and O–H groups in total. The zero-order valence-corrected chi connectivity index (χ0v) is 11.7. The molecule has 2 aromatic rings. The molecule has 7 heteroatoms. The van der Waals surface area contributed by atoms with Crippen molar-refractivity contribution in [2.75, 3.05) is 0 Å². The van der Waals surface area contributed by atoms with Crippen LogP contribution in [0.3, 0.4) is 0 Å². The number of hydrogen-bond acceptors (Lipinski definition) is 3. The van der Waals surface area contributed by atoms with Crippen molar-refractivity contribution in [3.05, 3.63) is 46.4 Å². The van der Waals surface area contributed by atoms with E-state index in [0.29, 0.717) is 12.1 Å². The summed E-state index contributed by atoms with van der Waals surface area (Å²) in [5, 5.41) is 4.06. The maximum Gasteiger partial charge on any atom is 0.417 e. The van der Waals surface area contributed by atoms with Gasteiger partial charge in [-0.05, 0) is 18.2 Å². The number of halogens is 3. The largest absolute Gasteiger partial charge is 0.417 e. The van der Waals surface area contributed by atoms with Gasteiger partial charge in [0.25, 0.3) is 5.56 Å². The third kappa shape index (κ3) is 3.73. The van der Waals surface area contributed by atoms with Crippen LogP contribution in [0.1, 0.15) is 18.9 Å². The maximum absolute atomic E-state index is 12.5. The smallest absolute Gasteiger partial charge is 0.268 e. The van der Waals surface area contributed by atoms with Crippen LogP contribution in [0.25, 0.3) is 11.4 Å². The molecule has 2 heterocycles. The zero-order chi connectivity index (χ0) is 16.2. The lowest BCUT2D eigenvalue weighted by Crippen LogP contribution is -2.21. The van der Waals surface area contributed by atoms with Crippen LogP contribution < -0.4 is 5.56 Å². The van der Waals surface area contributed by atoms with Crippen molar-refractivity contribution in [1.29, 1.82) is 0 Å². The van der Waals surface area contributed by atoms with E-state index < -0.39 is 11.7 Å². The highest BCUT2D eigenvalue weighted by molar-refractivity contribution is 5.53. The average molecular weight is 307 g/mol. The first kappa shape index (κ1) is 15.8. The van der Waals surface area contributed by atoms with E-state index in [2.05, 4.69) is 21.9 Å². The van der Waals surface area contributed by atoms with E-state index in [1.54, 1.807) is 0 Å². The fourth-order valence-electron chi connectivity index (χ4n) is 1.67. The number of rotatable bonds is 2.